The first-order valence-electron chi connectivity index (χ1n) is 10.3. The second kappa shape index (κ2) is 9.70. The molecule has 180 valence electrons. The number of amides is 1. The Balaban J connectivity index is 1.90. The van der Waals surface area contributed by atoms with Crippen LogP contribution in [0.4, 0.5) is 32.0 Å². The van der Waals surface area contributed by atoms with E-state index in [9.17, 15) is 35.9 Å². The maximum Gasteiger partial charge on any atom is 0.416 e. The summed E-state index contributed by atoms with van der Waals surface area (Å²) in [6.07, 6.45) is -7.77. The minimum atomic E-state index is -5.02. The molecule has 0 radical (unpaired) electrons. The summed E-state index contributed by atoms with van der Waals surface area (Å²) in [5.41, 5.74) is -3.55. The van der Waals surface area contributed by atoms with Crippen LogP contribution >= 0.6 is 0 Å². The molecule has 1 fully saturated rings. The average molecular weight is 467 g/mol. The van der Waals surface area contributed by atoms with Crippen LogP contribution in [0.5, 0.6) is 0 Å². The van der Waals surface area contributed by atoms with Crippen molar-refractivity contribution in [1.82, 2.24) is 0 Å². The number of ether oxygens (including phenoxy) is 1. The van der Waals surface area contributed by atoms with Crippen molar-refractivity contribution >= 4 is 17.6 Å². The van der Waals surface area contributed by atoms with Crippen molar-refractivity contribution in [1.29, 1.82) is 0 Å². The lowest BCUT2D eigenvalue weighted by atomic mass is 9.72. The molecule has 1 aromatic rings. The first-order valence-corrected chi connectivity index (χ1v) is 10.3. The summed E-state index contributed by atoms with van der Waals surface area (Å²) < 4.78 is 82.8. The lowest BCUT2D eigenvalue weighted by molar-refractivity contribution is -0.152. The number of carbonyl (C=O) groups excluding carboxylic acids is 2. The smallest absolute Gasteiger partial charge is 0.416 e. The van der Waals surface area contributed by atoms with Gasteiger partial charge in [-0.15, -0.1) is 0 Å². The zero-order valence-electron chi connectivity index (χ0n) is 18.1. The van der Waals surface area contributed by atoms with Crippen molar-refractivity contribution in [2.75, 3.05) is 5.32 Å². The zero-order valence-corrected chi connectivity index (χ0v) is 18.1. The Morgan fingerprint density at radius 1 is 0.875 bits per heavy atom. The number of hydrogen-bond acceptors (Lipinski definition) is 3. The predicted octanol–water partition coefficient (Wildman–Crippen LogP) is 6.59. The van der Waals surface area contributed by atoms with E-state index in [2.05, 4.69) is 20.8 Å². The van der Waals surface area contributed by atoms with Gasteiger partial charge < -0.3 is 10.1 Å². The molecule has 0 spiro atoms. The van der Waals surface area contributed by atoms with Gasteiger partial charge in [0.1, 0.15) is 6.10 Å². The molecule has 1 aliphatic rings. The molecule has 4 nitrogen and oxygen atoms in total. The maximum absolute atomic E-state index is 12.9. The molecule has 0 bridgehead atoms. The third kappa shape index (κ3) is 7.70. The second-order valence-corrected chi connectivity index (χ2v) is 9.17. The summed E-state index contributed by atoms with van der Waals surface area (Å²) in [4.78, 5) is 24.0. The number of benzene rings is 1. The lowest BCUT2D eigenvalue weighted by Crippen LogP contribution is -2.30. The van der Waals surface area contributed by atoms with Crippen LogP contribution in [-0.4, -0.2) is 18.0 Å². The molecule has 0 atom stereocenters. The molecule has 1 aromatic carbocycles. The number of rotatable bonds is 5. The van der Waals surface area contributed by atoms with Crippen LogP contribution in [0.15, 0.2) is 18.2 Å². The fourth-order valence-corrected chi connectivity index (χ4v) is 3.76. The van der Waals surface area contributed by atoms with Crippen LogP contribution in [0.25, 0.3) is 0 Å². The van der Waals surface area contributed by atoms with E-state index >= 15 is 0 Å². The Labute approximate surface area is 182 Å². The summed E-state index contributed by atoms with van der Waals surface area (Å²) in [6, 6.07) is 0.805. The first-order chi connectivity index (χ1) is 14.6. The van der Waals surface area contributed by atoms with Crippen molar-refractivity contribution in [3.05, 3.63) is 29.3 Å². The third-order valence-corrected chi connectivity index (χ3v) is 5.62. The molecule has 0 heterocycles. The molecule has 0 unspecified atom stereocenters. The van der Waals surface area contributed by atoms with Gasteiger partial charge in [0.15, 0.2) is 0 Å². The fraction of sp³-hybridized carbons (Fsp3) is 0.636. The monoisotopic (exact) mass is 467 g/mol. The molecule has 1 N–H and O–H groups in total. The molecule has 1 amide bonds. The van der Waals surface area contributed by atoms with Gasteiger partial charge in [0.05, 0.1) is 17.5 Å². The summed E-state index contributed by atoms with van der Waals surface area (Å²) in [6.45, 7) is 6.47. The fourth-order valence-electron chi connectivity index (χ4n) is 3.76. The number of halogens is 6. The van der Waals surface area contributed by atoms with Crippen LogP contribution in [0.2, 0.25) is 0 Å². The summed E-state index contributed by atoms with van der Waals surface area (Å²) in [7, 11) is 0. The molecule has 32 heavy (non-hydrogen) atoms. The minimum Gasteiger partial charge on any atom is -0.462 e. The summed E-state index contributed by atoms with van der Waals surface area (Å²) in [5, 5.41) is 2.00. The SMILES string of the molecule is CC(C)(C)C1CCC(OC(=O)CCC(=O)Nc2cc(C(F)(F)F)cc(C(F)(F)F)c2)CC1. The highest BCUT2D eigenvalue weighted by Gasteiger charge is 2.37. The zero-order chi connectivity index (χ0) is 24.3. The quantitative estimate of drug-likeness (QED) is 0.393. The molecule has 0 aliphatic heterocycles. The van der Waals surface area contributed by atoms with Gasteiger partial charge in [-0.2, -0.15) is 26.3 Å². The number of nitrogens with one attached hydrogen (secondary N) is 1. The van der Waals surface area contributed by atoms with Crippen LogP contribution in [0.3, 0.4) is 0 Å². The number of carbonyl (C=O) groups is 2. The molecular formula is C22H27F6NO3. The Hall–Kier alpha value is -2.26. The Kier molecular flexibility index (Phi) is 7.88. The van der Waals surface area contributed by atoms with Gasteiger partial charge in [-0.3, -0.25) is 9.59 Å². The van der Waals surface area contributed by atoms with E-state index < -0.39 is 47.5 Å². The normalized spacial score (nSPS) is 20.0. The van der Waals surface area contributed by atoms with Crippen LogP contribution in [-0.2, 0) is 26.7 Å². The predicted molar refractivity (Wildman–Crippen MR) is 106 cm³/mol. The van der Waals surface area contributed by atoms with Crippen molar-refractivity contribution in [3.63, 3.8) is 0 Å². The van der Waals surface area contributed by atoms with E-state index in [4.69, 9.17) is 4.74 Å². The van der Waals surface area contributed by atoms with Crippen molar-refractivity contribution in [2.45, 2.75) is 77.8 Å². The topological polar surface area (TPSA) is 55.4 Å². The molecule has 2 rings (SSSR count). The van der Waals surface area contributed by atoms with Gasteiger partial charge in [0.25, 0.3) is 0 Å². The van der Waals surface area contributed by atoms with Gasteiger partial charge >= 0.3 is 18.3 Å². The number of esters is 1. The summed E-state index contributed by atoms with van der Waals surface area (Å²) in [5.74, 6) is -0.984. The van der Waals surface area contributed by atoms with E-state index in [1.54, 1.807) is 0 Å². The average Bonchev–Trinajstić information content (AvgIpc) is 2.64. The standard InChI is InChI=1S/C22H27F6NO3/c1-20(2,3)13-4-6-17(7-5-13)32-19(31)9-8-18(30)29-16-11-14(21(23,24)25)10-15(12-16)22(26,27)28/h10-13,17H,4-9H2,1-3H3,(H,29,30). The van der Waals surface area contributed by atoms with Crippen LogP contribution < -0.4 is 5.32 Å². The Bertz CT molecular complexity index is 786. The molecular weight excluding hydrogens is 440 g/mol. The van der Waals surface area contributed by atoms with E-state index in [-0.39, 0.29) is 24.0 Å². The van der Waals surface area contributed by atoms with Gasteiger partial charge in [-0.05, 0) is 55.2 Å². The molecule has 10 heteroatoms. The highest BCUT2D eigenvalue weighted by atomic mass is 19.4. The molecule has 0 aromatic heterocycles. The Morgan fingerprint density at radius 2 is 1.38 bits per heavy atom. The third-order valence-electron chi connectivity index (χ3n) is 5.62. The van der Waals surface area contributed by atoms with Gasteiger partial charge in [-0.1, -0.05) is 20.8 Å². The van der Waals surface area contributed by atoms with E-state index in [1.165, 1.54) is 0 Å². The minimum absolute atomic E-state index is 0.0264. The lowest BCUT2D eigenvalue weighted by Gasteiger charge is -2.36. The van der Waals surface area contributed by atoms with Crippen molar-refractivity contribution in [2.24, 2.45) is 11.3 Å². The van der Waals surface area contributed by atoms with Crippen molar-refractivity contribution in [3.8, 4) is 0 Å². The number of anilines is 1. The van der Waals surface area contributed by atoms with Crippen molar-refractivity contribution < 1.29 is 40.7 Å². The molecule has 1 aliphatic carbocycles. The highest BCUT2D eigenvalue weighted by Crippen LogP contribution is 2.39. The number of alkyl halides is 6. The van der Waals surface area contributed by atoms with E-state index in [0.717, 1.165) is 12.8 Å². The number of hydrogen-bond donors (Lipinski definition) is 1. The van der Waals surface area contributed by atoms with E-state index in [1.807, 2.05) is 5.32 Å². The largest absolute Gasteiger partial charge is 0.462 e. The van der Waals surface area contributed by atoms with Crippen LogP contribution in [0, 0.1) is 11.3 Å². The van der Waals surface area contributed by atoms with Gasteiger partial charge in [0.2, 0.25) is 5.91 Å². The molecule has 1 saturated carbocycles. The summed E-state index contributed by atoms with van der Waals surface area (Å²) >= 11 is 0. The molecule has 0 saturated heterocycles. The maximum atomic E-state index is 12.9. The second-order valence-electron chi connectivity index (χ2n) is 9.17. The highest BCUT2D eigenvalue weighted by molar-refractivity contribution is 5.92. The van der Waals surface area contributed by atoms with Crippen LogP contribution in [0.1, 0.15) is 70.4 Å². The van der Waals surface area contributed by atoms with Gasteiger partial charge in [-0.25, -0.2) is 0 Å². The van der Waals surface area contributed by atoms with E-state index in [0.29, 0.717) is 30.9 Å². The Morgan fingerprint density at radius 3 is 1.81 bits per heavy atom. The van der Waals surface area contributed by atoms with Gasteiger partial charge in [0, 0.05) is 12.1 Å². The first kappa shape index (κ1) is 26.0.